The molecule has 2 aromatic rings. The highest BCUT2D eigenvalue weighted by molar-refractivity contribution is 7.99. The van der Waals surface area contributed by atoms with Gasteiger partial charge in [-0.2, -0.15) is 0 Å². The highest BCUT2D eigenvalue weighted by Crippen LogP contribution is 2.26. The van der Waals surface area contributed by atoms with Crippen LogP contribution in [0.2, 0.25) is 0 Å². The lowest BCUT2D eigenvalue weighted by Gasteiger charge is -2.15. The predicted molar refractivity (Wildman–Crippen MR) is 113 cm³/mol. The first-order valence-corrected chi connectivity index (χ1v) is 10.4. The molecule has 0 aromatic heterocycles. The van der Waals surface area contributed by atoms with Gasteiger partial charge in [0.05, 0.1) is 16.9 Å². The van der Waals surface area contributed by atoms with Crippen LogP contribution in [0.15, 0.2) is 42.5 Å². The van der Waals surface area contributed by atoms with E-state index in [0.29, 0.717) is 29.1 Å². The van der Waals surface area contributed by atoms with Crippen molar-refractivity contribution < 1.29 is 14.4 Å². The van der Waals surface area contributed by atoms with Gasteiger partial charge >= 0.3 is 0 Å². The lowest BCUT2D eigenvalue weighted by molar-refractivity contribution is -0.113. The second-order valence-corrected chi connectivity index (χ2v) is 8.33. The molecule has 0 saturated heterocycles. The molecule has 0 radical (unpaired) electrons. The predicted octanol–water partition coefficient (Wildman–Crippen LogP) is 4.12. The van der Waals surface area contributed by atoms with Gasteiger partial charge in [0.1, 0.15) is 0 Å². The number of thioether (sulfide) groups is 1. The third-order valence-corrected chi connectivity index (χ3v) is 5.54. The van der Waals surface area contributed by atoms with E-state index in [-0.39, 0.29) is 23.6 Å². The molecule has 3 rings (SSSR count). The first-order chi connectivity index (χ1) is 13.4. The van der Waals surface area contributed by atoms with Gasteiger partial charge in [-0.25, -0.2) is 0 Å². The van der Waals surface area contributed by atoms with Gasteiger partial charge in [-0.05, 0) is 42.2 Å². The van der Waals surface area contributed by atoms with E-state index in [4.69, 9.17) is 0 Å². The average molecular weight is 397 g/mol. The number of carbonyl (C=O) groups excluding carboxylic acids is 3. The van der Waals surface area contributed by atoms with E-state index in [1.54, 1.807) is 30.0 Å². The minimum atomic E-state index is -0.293. The van der Waals surface area contributed by atoms with E-state index >= 15 is 0 Å². The van der Waals surface area contributed by atoms with Crippen LogP contribution in [0.3, 0.4) is 0 Å². The van der Waals surface area contributed by atoms with Crippen LogP contribution in [0.5, 0.6) is 0 Å². The fourth-order valence-electron chi connectivity index (χ4n) is 3.12. The quantitative estimate of drug-likeness (QED) is 0.715. The number of nitrogens with zero attached hydrogens (tertiary/aromatic N) is 1. The summed E-state index contributed by atoms with van der Waals surface area (Å²) in [7, 11) is 0. The molecule has 1 aliphatic heterocycles. The van der Waals surface area contributed by atoms with E-state index in [2.05, 4.69) is 24.4 Å². The minimum Gasteiger partial charge on any atom is -0.325 e. The Hall–Kier alpha value is -2.60. The van der Waals surface area contributed by atoms with E-state index < -0.39 is 0 Å². The van der Waals surface area contributed by atoms with Crippen molar-refractivity contribution in [2.75, 3.05) is 17.6 Å². The molecule has 0 spiro atoms. The zero-order chi connectivity index (χ0) is 20.3. The molecule has 28 heavy (non-hydrogen) atoms. The van der Waals surface area contributed by atoms with E-state index in [0.717, 1.165) is 5.75 Å². The fraction of sp³-hybridized carbons (Fsp3) is 0.318. The summed E-state index contributed by atoms with van der Waals surface area (Å²) in [6.07, 6.45) is 0. The van der Waals surface area contributed by atoms with Crippen molar-refractivity contribution in [2.45, 2.75) is 26.5 Å². The number of aryl methyl sites for hydroxylation is 1. The van der Waals surface area contributed by atoms with Crippen LogP contribution < -0.4 is 5.32 Å². The third kappa shape index (κ3) is 4.44. The molecule has 1 N–H and O–H groups in total. The zero-order valence-corrected chi connectivity index (χ0v) is 17.1. The van der Waals surface area contributed by atoms with Crippen LogP contribution in [0.25, 0.3) is 0 Å². The monoisotopic (exact) mass is 396 g/mol. The average Bonchev–Trinajstić information content (AvgIpc) is 2.87. The fourth-order valence-corrected chi connectivity index (χ4v) is 4.03. The number of benzene rings is 2. The molecular weight excluding hydrogens is 372 g/mol. The first-order valence-electron chi connectivity index (χ1n) is 9.29. The Morgan fingerprint density at radius 3 is 2.50 bits per heavy atom. The normalized spacial score (nSPS) is 13.2. The van der Waals surface area contributed by atoms with Crippen molar-refractivity contribution in [1.82, 2.24) is 4.90 Å². The number of amides is 3. The van der Waals surface area contributed by atoms with E-state index in [1.807, 2.05) is 26.0 Å². The molecule has 0 bridgehead atoms. The Bertz CT molecular complexity index is 924. The summed E-state index contributed by atoms with van der Waals surface area (Å²) in [5, 5.41) is 2.82. The molecule has 146 valence electrons. The highest BCUT2D eigenvalue weighted by atomic mass is 32.2. The number of anilines is 1. The van der Waals surface area contributed by atoms with Crippen LogP contribution in [-0.2, 0) is 10.5 Å². The lowest BCUT2D eigenvalue weighted by atomic mass is 10.1. The first kappa shape index (κ1) is 20.1. The standard InChI is InChI=1S/C22H24N2O3S/c1-14(2)11-24-21(26)18-9-8-17(10-19(18)22(24)27)23-20(25)13-28-12-16-7-5-4-6-15(16)3/h4-10,14H,11-13H2,1-3H3,(H,23,25). The molecule has 0 unspecified atom stereocenters. The maximum absolute atomic E-state index is 12.5. The Labute approximate surface area is 169 Å². The maximum atomic E-state index is 12.5. The largest absolute Gasteiger partial charge is 0.325 e. The SMILES string of the molecule is Cc1ccccc1CSCC(=O)Nc1ccc2c(c1)C(=O)N(CC(C)C)C2=O. The Morgan fingerprint density at radius 2 is 1.79 bits per heavy atom. The number of carbonyl (C=O) groups is 3. The summed E-state index contributed by atoms with van der Waals surface area (Å²) in [4.78, 5) is 38.4. The molecule has 3 amide bonds. The van der Waals surface area contributed by atoms with Gasteiger partial charge in [-0.1, -0.05) is 38.1 Å². The number of rotatable bonds is 7. The van der Waals surface area contributed by atoms with E-state index in [1.165, 1.54) is 16.0 Å². The smallest absolute Gasteiger partial charge is 0.261 e. The molecule has 0 fully saturated rings. The van der Waals surface area contributed by atoms with E-state index in [9.17, 15) is 14.4 Å². The van der Waals surface area contributed by atoms with Gasteiger partial charge in [-0.15, -0.1) is 11.8 Å². The molecule has 2 aromatic carbocycles. The van der Waals surface area contributed by atoms with Crippen molar-refractivity contribution in [1.29, 1.82) is 0 Å². The molecule has 0 aliphatic carbocycles. The van der Waals surface area contributed by atoms with Crippen molar-refractivity contribution in [3.63, 3.8) is 0 Å². The van der Waals surface area contributed by atoms with Crippen LogP contribution in [0, 0.1) is 12.8 Å². The summed E-state index contributed by atoms with van der Waals surface area (Å²) < 4.78 is 0. The number of fused-ring (bicyclic) bond motifs is 1. The van der Waals surface area contributed by atoms with Gasteiger partial charge in [0, 0.05) is 18.0 Å². The van der Waals surface area contributed by atoms with Gasteiger partial charge in [-0.3, -0.25) is 19.3 Å². The molecule has 0 saturated carbocycles. The van der Waals surface area contributed by atoms with Gasteiger partial charge in [0.2, 0.25) is 5.91 Å². The summed E-state index contributed by atoms with van der Waals surface area (Å²) in [5.74, 6) is 0.597. The van der Waals surface area contributed by atoms with Crippen molar-refractivity contribution in [2.24, 2.45) is 5.92 Å². The summed E-state index contributed by atoms with van der Waals surface area (Å²) in [6, 6.07) is 13.0. The number of nitrogens with one attached hydrogen (secondary N) is 1. The van der Waals surface area contributed by atoms with Gasteiger partial charge in [0.25, 0.3) is 11.8 Å². The summed E-state index contributed by atoms with van der Waals surface area (Å²) in [6.45, 7) is 6.37. The molecule has 1 heterocycles. The second-order valence-electron chi connectivity index (χ2n) is 7.34. The Morgan fingerprint density at radius 1 is 1.07 bits per heavy atom. The molecule has 5 nitrogen and oxygen atoms in total. The maximum Gasteiger partial charge on any atom is 0.261 e. The molecule has 6 heteroatoms. The van der Waals surface area contributed by atoms with Crippen molar-refractivity contribution in [3.05, 3.63) is 64.7 Å². The third-order valence-electron chi connectivity index (χ3n) is 4.55. The van der Waals surface area contributed by atoms with Gasteiger partial charge in [0.15, 0.2) is 0 Å². The van der Waals surface area contributed by atoms with Crippen LogP contribution in [0.1, 0.15) is 45.7 Å². The van der Waals surface area contributed by atoms with Gasteiger partial charge < -0.3 is 5.32 Å². The highest BCUT2D eigenvalue weighted by Gasteiger charge is 2.35. The number of hydrogen-bond acceptors (Lipinski definition) is 4. The number of imide groups is 1. The lowest BCUT2D eigenvalue weighted by Crippen LogP contribution is -2.33. The topological polar surface area (TPSA) is 66.5 Å². The van der Waals surface area contributed by atoms with Crippen LogP contribution in [0.4, 0.5) is 5.69 Å². The second kappa shape index (κ2) is 8.61. The summed E-state index contributed by atoms with van der Waals surface area (Å²) >= 11 is 1.54. The minimum absolute atomic E-state index is 0.130. The van der Waals surface area contributed by atoms with Crippen molar-refractivity contribution in [3.8, 4) is 0 Å². The Balaban J connectivity index is 1.60. The zero-order valence-electron chi connectivity index (χ0n) is 16.3. The molecule has 0 atom stereocenters. The number of hydrogen-bond donors (Lipinski definition) is 1. The van der Waals surface area contributed by atoms with Crippen LogP contribution >= 0.6 is 11.8 Å². The summed E-state index contributed by atoms with van der Waals surface area (Å²) in [5.41, 5.74) is 3.72. The molecular formula is C22H24N2O3S. The van der Waals surface area contributed by atoms with Crippen LogP contribution in [-0.4, -0.2) is 34.9 Å². The Kier molecular flexibility index (Phi) is 6.19. The molecule has 1 aliphatic rings. The van der Waals surface area contributed by atoms with Crippen molar-refractivity contribution >= 4 is 35.2 Å².